The third kappa shape index (κ3) is 3.96. The molecule has 32 heavy (non-hydrogen) atoms. The summed E-state index contributed by atoms with van der Waals surface area (Å²) in [4.78, 5) is 29.1. The molecule has 1 aliphatic heterocycles. The van der Waals surface area contributed by atoms with Gasteiger partial charge in [0.25, 0.3) is 11.8 Å². The van der Waals surface area contributed by atoms with Crippen molar-refractivity contribution >= 4 is 23.4 Å². The molecule has 0 radical (unpaired) electrons. The monoisotopic (exact) mass is 457 g/mol. The van der Waals surface area contributed by atoms with Gasteiger partial charge in [-0.1, -0.05) is 29.8 Å². The van der Waals surface area contributed by atoms with Crippen LogP contribution in [-0.2, 0) is 9.53 Å². The lowest BCUT2D eigenvalue weighted by atomic mass is 9.44. The van der Waals surface area contributed by atoms with E-state index in [0.29, 0.717) is 31.6 Å². The van der Waals surface area contributed by atoms with Gasteiger partial charge in [-0.05, 0) is 37.5 Å². The highest BCUT2D eigenvalue weighted by molar-refractivity contribution is 6.30. The molecule has 2 N–H and O–H groups in total. The molecule has 4 aliphatic rings. The molecular weight excluding hydrogens is 437 g/mol. The van der Waals surface area contributed by atoms with E-state index in [1.54, 1.807) is 12.3 Å². The molecule has 2 heterocycles. The van der Waals surface area contributed by atoms with E-state index < -0.39 is 5.82 Å². The molecule has 6 rings (SSSR count). The van der Waals surface area contributed by atoms with Crippen molar-refractivity contribution < 1.29 is 23.5 Å². The number of nitrogens with zero attached hydrogens (tertiary/aromatic N) is 1. The van der Waals surface area contributed by atoms with Crippen LogP contribution in [0.25, 0.3) is 0 Å². The Balaban J connectivity index is 1.08. The first kappa shape index (κ1) is 20.9. The first-order valence-corrected chi connectivity index (χ1v) is 10.7. The Morgan fingerprint density at radius 1 is 1.19 bits per heavy atom. The number of ether oxygens (including phenoxy) is 2. The zero-order valence-corrected chi connectivity index (χ0v) is 17.8. The number of benzene rings is 1. The van der Waals surface area contributed by atoms with E-state index >= 15 is 0 Å². The second-order valence-corrected chi connectivity index (χ2v) is 9.02. The SMILES string of the molecule is O=C(COc1ccc(Cl)c(F)c1)NC12CC(NC(=O)c3ccc(C4C=CCO4)cn3)(C1)C2. The van der Waals surface area contributed by atoms with E-state index in [2.05, 4.69) is 15.6 Å². The van der Waals surface area contributed by atoms with Crippen LogP contribution in [0.2, 0.25) is 5.02 Å². The van der Waals surface area contributed by atoms with E-state index in [4.69, 9.17) is 21.1 Å². The van der Waals surface area contributed by atoms with Crippen molar-refractivity contribution in [2.75, 3.05) is 13.2 Å². The van der Waals surface area contributed by atoms with Crippen molar-refractivity contribution in [2.24, 2.45) is 0 Å². The zero-order chi connectivity index (χ0) is 22.3. The van der Waals surface area contributed by atoms with E-state index in [-0.39, 0.29) is 46.4 Å². The Kier molecular flexibility index (Phi) is 5.14. The van der Waals surface area contributed by atoms with Crippen LogP contribution in [0.4, 0.5) is 4.39 Å². The fourth-order valence-corrected chi connectivity index (χ4v) is 4.83. The van der Waals surface area contributed by atoms with Crippen LogP contribution in [0.15, 0.2) is 48.7 Å². The number of carbonyl (C=O) groups is 2. The maximum Gasteiger partial charge on any atom is 0.270 e. The second-order valence-electron chi connectivity index (χ2n) is 8.62. The molecule has 0 saturated heterocycles. The molecule has 1 atom stereocenters. The van der Waals surface area contributed by atoms with Crippen LogP contribution in [0.3, 0.4) is 0 Å². The van der Waals surface area contributed by atoms with Crippen molar-refractivity contribution in [3.05, 3.63) is 70.8 Å². The first-order valence-electron chi connectivity index (χ1n) is 10.3. The molecule has 3 aliphatic carbocycles. The Bertz CT molecular complexity index is 1090. The smallest absolute Gasteiger partial charge is 0.270 e. The number of nitrogens with one attached hydrogen (secondary N) is 2. The van der Waals surface area contributed by atoms with Crippen molar-refractivity contribution in [3.8, 4) is 5.75 Å². The van der Waals surface area contributed by atoms with Crippen molar-refractivity contribution in [3.63, 3.8) is 0 Å². The lowest BCUT2D eigenvalue weighted by Crippen LogP contribution is -2.84. The molecule has 1 unspecified atom stereocenters. The fourth-order valence-electron chi connectivity index (χ4n) is 4.71. The molecule has 0 spiro atoms. The molecule has 2 amide bonds. The van der Waals surface area contributed by atoms with Crippen LogP contribution in [0, 0.1) is 5.82 Å². The largest absolute Gasteiger partial charge is 0.484 e. The maximum absolute atomic E-state index is 13.4. The van der Waals surface area contributed by atoms with Gasteiger partial charge in [-0.2, -0.15) is 0 Å². The van der Waals surface area contributed by atoms with Gasteiger partial charge < -0.3 is 20.1 Å². The maximum atomic E-state index is 13.4. The van der Waals surface area contributed by atoms with Gasteiger partial charge >= 0.3 is 0 Å². The highest BCUT2D eigenvalue weighted by Crippen LogP contribution is 2.60. The quantitative estimate of drug-likeness (QED) is 0.624. The Morgan fingerprint density at radius 3 is 2.62 bits per heavy atom. The summed E-state index contributed by atoms with van der Waals surface area (Å²) in [7, 11) is 0. The molecule has 1 aromatic heterocycles. The summed E-state index contributed by atoms with van der Waals surface area (Å²) in [6.45, 7) is 0.359. The number of halogens is 2. The molecule has 9 heteroatoms. The van der Waals surface area contributed by atoms with Crippen LogP contribution in [0.1, 0.15) is 41.4 Å². The van der Waals surface area contributed by atoms with Gasteiger partial charge in [-0.15, -0.1) is 0 Å². The highest BCUT2D eigenvalue weighted by Gasteiger charge is 2.69. The molecule has 7 nitrogen and oxygen atoms in total. The number of amides is 2. The standard InChI is InChI=1S/C23H21ClFN3O4/c24-16-5-4-15(8-17(16)25)32-10-20(29)27-22-11-23(12-22,13-22)28-21(30)18-6-3-14(9-26-18)19-2-1-7-31-19/h1-6,8-9,19H,7,10-13H2,(H,27,29)(H,28,30). The third-order valence-corrected chi connectivity index (χ3v) is 6.41. The Morgan fingerprint density at radius 2 is 1.97 bits per heavy atom. The predicted octanol–water partition coefficient (Wildman–Crippen LogP) is 3.10. The average molecular weight is 458 g/mol. The van der Waals surface area contributed by atoms with Gasteiger partial charge in [0.1, 0.15) is 23.4 Å². The van der Waals surface area contributed by atoms with Gasteiger partial charge in [-0.3, -0.25) is 14.6 Å². The second kappa shape index (κ2) is 7.86. The van der Waals surface area contributed by atoms with Gasteiger partial charge in [0.15, 0.2) is 6.61 Å². The summed E-state index contributed by atoms with van der Waals surface area (Å²) < 4.78 is 24.3. The fraction of sp³-hybridized carbons (Fsp3) is 0.348. The van der Waals surface area contributed by atoms with Gasteiger partial charge in [0, 0.05) is 28.9 Å². The normalized spacial score (nSPS) is 27.2. The van der Waals surface area contributed by atoms with Gasteiger partial charge in [0.2, 0.25) is 0 Å². The van der Waals surface area contributed by atoms with E-state index in [1.807, 2.05) is 18.2 Å². The van der Waals surface area contributed by atoms with Crippen molar-refractivity contribution in [1.82, 2.24) is 15.6 Å². The molecule has 2 bridgehead atoms. The van der Waals surface area contributed by atoms with Crippen LogP contribution in [-0.4, -0.2) is 41.1 Å². The minimum Gasteiger partial charge on any atom is -0.484 e. The lowest BCUT2D eigenvalue weighted by molar-refractivity contribution is -0.141. The van der Waals surface area contributed by atoms with Crippen molar-refractivity contribution in [1.29, 1.82) is 0 Å². The number of carbonyl (C=O) groups excluding carboxylic acids is 2. The number of hydrogen-bond donors (Lipinski definition) is 2. The molecule has 3 saturated carbocycles. The van der Waals surface area contributed by atoms with E-state index in [9.17, 15) is 14.0 Å². The number of hydrogen-bond acceptors (Lipinski definition) is 5. The third-order valence-electron chi connectivity index (χ3n) is 6.11. The van der Waals surface area contributed by atoms with E-state index in [0.717, 1.165) is 11.6 Å². The van der Waals surface area contributed by atoms with Crippen LogP contribution >= 0.6 is 11.6 Å². The Hall–Kier alpha value is -2.97. The van der Waals surface area contributed by atoms with E-state index in [1.165, 1.54) is 12.1 Å². The average Bonchev–Trinajstić information content (AvgIpc) is 3.27. The van der Waals surface area contributed by atoms with Gasteiger partial charge in [-0.25, -0.2) is 4.39 Å². The topological polar surface area (TPSA) is 89.6 Å². The summed E-state index contributed by atoms with van der Waals surface area (Å²) in [6, 6.07) is 7.56. The first-order chi connectivity index (χ1) is 15.4. The Labute approximate surface area is 188 Å². The lowest BCUT2D eigenvalue weighted by Gasteiger charge is -2.70. The molecule has 1 aromatic carbocycles. The zero-order valence-electron chi connectivity index (χ0n) is 17.1. The summed E-state index contributed by atoms with van der Waals surface area (Å²) in [6.07, 6.45) is 7.44. The molecule has 166 valence electrons. The van der Waals surface area contributed by atoms with Gasteiger partial charge in [0.05, 0.1) is 11.6 Å². The predicted molar refractivity (Wildman–Crippen MR) is 114 cm³/mol. The van der Waals surface area contributed by atoms with Crippen LogP contribution in [0.5, 0.6) is 5.75 Å². The minimum atomic E-state index is -0.602. The molecular formula is C23H21ClFN3O4. The number of pyridine rings is 1. The number of aromatic nitrogens is 1. The molecule has 3 fully saturated rings. The summed E-state index contributed by atoms with van der Waals surface area (Å²) in [5, 5.41) is 6.00. The highest BCUT2D eigenvalue weighted by atomic mass is 35.5. The number of rotatable bonds is 7. The summed E-state index contributed by atoms with van der Waals surface area (Å²) in [5.41, 5.74) is 0.637. The van der Waals surface area contributed by atoms with Crippen LogP contribution < -0.4 is 15.4 Å². The molecule has 2 aromatic rings. The summed E-state index contributed by atoms with van der Waals surface area (Å²) >= 11 is 5.63. The summed E-state index contributed by atoms with van der Waals surface area (Å²) in [5.74, 6) is -0.889. The minimum absolute atomic E-state index is 0.00543. The van der Waals surface area contributed by atoms with Crippen molar-refractivity contribution in [2.45, 2.75) is 36.4 Å².